The number of carboxylic acids is 1. The van der Waals surface area contributed by atoms with Crippen LogP contribution in [-0.4, -0.2) is 28.9 Å². The van der Waals surface area contributed by atoms with Crippen LogP contribution in [0.15, 0.2) is 42.5 Å². The van der Waals surface area contributed by atoms with Crippen molar-refractivity contribution in [1.29, 1.82) is 0 Å². The Kier molecular flexibility index (Phi) is 4.76. The largest absolute Gasteiger partial charge is 0.478 e. The second kappa shape index (κ2) is 6.83. The zero-order valence-electron chi connectivity index (χ0n) is 13.3. The summed E-state index contributed by atoms with van der Waals surface area (Å²) in [6.07, 6.45) is 0.0293. The number of carbonyl (C=O) groups is 3. The molecule has 128 valence electrons. The summed E-state index contributed by atoms with van der Waals surface area (Å²) < 4.78 is 1.07. The zero-order chi connectivity index (χ0) is 18.1. The second-order valence-electron chi connectivity index (χ2n) is 5.78. The maximum absolute atomic E-state index is 12.7. The van der Waals surface area contributed by atoms with Gasteiger partial charge in [0.1, 0.15) is 6.04 Å². The quantitative estimate of drug-likeness (QED) is 0.553. The summed E-state index contributed by atoms with van der Waals surface area (Å²) in [5.74, 6) is -1.83. The normalized spacial score (nSPS) is 17.0. The zero-order valence-corrected chi connectivity index (χ0v) is 15.5. The highest BCUT2D eigenvalue weighted by Crippen LogP contribution is 2.29. The molecule has 1 unspecified atom stereocenters. The summed E-state index contributed by atoms with van der Waals surface area (Å²) in [4.78, 5) is 37.4. The van der Waals surface area contributed by atoms with Gasteiger partial charge in [0.05, 0.1) is 17.7 Å². The minimum atomic E-state index is -1.10. The molecule has 6 nitrogen and oxygen atoms in total. The molecule has 1 aliphatic heterocycles. The van der Waals surface area contributed by atoms with Crippen molar-refractivity contribution in [2.75, 3.05) is 10.2 Å². The first kappa shape index (κ1) is 17.4. The van der Waals surface area contributed by atoms with Gasteiger partial charge in [-0.3, -0.25) is 9.59 Å². The van der Waals surface area contributed by atoms with Gasteiger partial charge in [0, 0.05) is 9.26 Å². The van der Waals surface area contributed by atoms with Crippen LogP contribution in [0.1, 0.15) is 22.3 Å². The molecule has 0 aromatic heterocycles. The molecule has 3 rings (SSSR count). The molecule has 7 heteroatoms. The maximum atomic E-state index is 12.7. The first-order chi connectivity index (χ1) is 11.9. The van der Waals surface area contributed by atoms with Crippen LogP contribution in [0.5, 0.6) is 0 Å². The third-order valence-electron chi connectivity index (χ3n) is 4.03. The molecular formula is C18H15IN2O4. The fraction of sp³-hybridized carbons (Fsp3) is 0.167. The molecule has 2 N–H and O–H groups in total. The number of carboxylic acid groups (broad SMARTS) is 1. The molecule has 0 bridgehead atoms. The van der Waals surface area contributed by atoms with Crippen LogP contribution in [0.2, 0.25) is 0 Å². The topological polar surface area (TPSA) is 86.7 Å². The minimum Gasteiger partial charge on any atom is -0.478 e. The van der Waals surface area contributed by atoms with Crippen LogP contribution in [0.3, 0.4) is 0 Å². The number of nitrogens with zero attached hydrogens (tertiary/aromatic N) is 1. The van der Waals surface area contributed by atoms with Gasteiger partial charge in [-0.2, -0.15) is 0 Å². The Morgan fingerprint density at radius 3 is 2.52 bits per heavy atom. The number of rotatable bonds is 4. The van der Waals surface area contributed by atoms with E-state index in [4.69, 9.17) is 5.11 Å². The molecule has 1 aliphatic rings. The van der Waals surface area contributed by atoms with Crippen LogP contribution >= 0.6 is 22.6 Å². The van der Waals surface area contributed by atoms with Gasteiger partial charge in [-0.25, -0.2) is 9.69 Å². The summed E-state index contributed by atoms with van der Waals surface area (Å²) in [5.41, 5.74) is 1.78. The summed E-state index contributed by atoms with van der Waals surface area (Å²) in [6, 6.07) is 11.2. The van der Waals surface area contributed by atoms with Crippen molar-refractivity contribution in [2.24, 2.45) is 0 Å². The van der Waals surface area contributed by atoms with Crippen LogP contribution in [0.25, 0.3) is 0 Å². The van der Waals surface area contributed by atoms with Crippen molar-refractivity contribution in [1.82, 2.24) is 0 Å². The third-order valence-corrected chi connectivity index (χ3v) is 4.75. The Balaban J connectivity index is 1.88. The number of benzene rings is 2. The average molecular weight is 450 g/mol. The minimum absolute atomic E-state index is 0.0293. The van der Waals surface area contributed by atoms with Gasteiger partial charge >= 0.3 is 5.97 Å². The van der Waals surface area contributed by atoms with Crippen molar-refractivity contribution in [3.8, 4) is 0 Å². The highest BCUT2D eigenvalue weighted by molar-refractivity contribution is 14.1. The number of aromatic carboxylic acids is 1. The molecule has 0 radical (unpaired) electrons. The molecule has 0 saturated carbocycles. The summed E-state index contributed by atoms with van der Waals surface area (Å²) in [5, 5.41) is 12.2. The van der Waals surface area contributed by atoms with E-state index in [-0.39, 0.29) is 23.8 Å². The van der Waals surface area contributed by atoms with Gasteiger partial charge < -0.3 is 10.4 Å². The Morgan fingerprint density at radius 1 is 1.20 bits per heavy atom. The van der Waals surface area contributed by atoms with Crippen molar-refractivity contribution in [3.05, 3.63) is 57.2 Å². The molecule has 1 fully saturated rings. The fourth-order valence-electron chi connectivity index (χ4n) is 2.73. The molecule has 1 saturated heterocycles. The van der Waals surface area contributed by atoms with Crippen LogP contribution in [0, 0.1) is 10.5 Å². The fourth-order valence-corrected chi connectivity index (χ4v) is 3.09. The molecule has 0 spiro atoms. The van der Waals surface area contributed by atoms with E-state index in [2.05, 4.69) is 27.9 Å². The van der Waals surface area contributed by atoms with Crippen molar-refractivity contribution in [3.63, 3.8) is 0 Å². The van der Waals surface area contributed by atoms with Gasteiger partial charge in [0.2, 0.25) is 5.91 Å². The second-order valence-corrected chi connectivity index (χ2v) is 7.03. The van der Waals surface area contributed by atoms with Crippen LogP contribution < -0.4 is 10.2 Å². The molecule has 0 aliphatic carbocycles. The highest BCUT2D eigenvalue weighted by atomic mass is 127. The number of imide groups is 1. The van der Waals surface area contributed by atoms with Crippen molar-refractivity contribution < 1.29 is 19.5 Å². The molecule has 2 aromatic rings. The number of carbonyl (C=O) groups excluding carboxylic acids is 2. The number of halogens is 1. The predicted octanol–water partition coefficient (Wildman–Crippen LogP) is 3.04. The molecule has 1 atom stereocenters. The monoisotopic (exact) mass is 450 g/mol. The Morgan fingerprint density at radius 2 is 1.88 bits per heavy atom. The molecule has 1 heterocycles. The van der Waals surface area contributed by atoms with E-state index in [0.29, 0.717) is 11.3 Å². The lowest BCUT2D eigenvalue weighted by Gasteiger charge is -2.18. The van der Waals surface area contributed by atoms with Gasteiger partial charge in [-0.1, -0.05) is 6.07 Å². The van der Waals surface area contributed by atoms with E-state index in [0.717, 1.165) is 14.2 Å². The predicted molar refractivity (Wildman–Crippen MR) is 102 cm³/mol. The summed E-state index contributed by atoms with van der Waals surface area (Å²) in [6.45, 7) is 1.74. The highest BCUT2D eigenvalue weighted by Gasteiger charge is 2.40. The van der Waals surface area contributed by atoms with Gasteiger partial charge in [-0.15, -0.1) is 0 Å². The number of nitrogens with one attached hydrogen (secondary N) is 1. The van der Waals surface area contributed by atoms with Crippen LogP contribution in [-0.2, 0) is 9.59 Å². The lowest BCUT2D eigenvalue weighted by molar-refractivity contribution is -0.121. The van der Waals surface area contributed by atoms with E-state index in [1.807, 2.05) is 24.3 Å². The molecule has 2 aromatic carbocycles. The number of aryl methyl sites for hydroxylation is 1. The van der Waals surface area contributed by atoms with Gasteiger partial charge in [0.25, 0.3) is 5.91 Å². The molecular weight excluding hydrogens is 435 g/mol. The molecule has 25 heavy (non-hydrogen) atoms. The third kappa shape index (κ3) is 3.51. The average Bonchev–Trinajstić information content (AvgIpc) is 2.84. The van der Waals surface area contributed by atoms with Crippen molar-refractivity contribution >= 4 is 51.7 Å². The number of hydrogen-bond donors (Lipinski definition) is 2. The van der Waals surface area contributed by atoms with E-state index in [1.165, 1.54) is 12.1 Å². The van der Waals surface area contributed by atoms with Gasteiger partial charge in [0.15, 0.2) is 0 Å². The Labute approximate surface area is 158 Å². The summed E-state index contributed by atoms with van der Waals surface area (Å²) in [7, 11) is 0. The Bertz CT molecular complexity index is 864. The van der Waals surface area contributed by atoms with Crippen molar-refractivity contribution in [2.45, 2.75) is 19.4 Å². The van der Waals surface area contributed by atoms with Crippen LogP contribution in [0.4, 0.5) is 11.4 Å². The first-order valence-electron chi connectivity index (χ1n) is 7.59. The molecule has 2 amide bonds. The summed E-state index contributed by atoms with van der Waals surface area (Å²) >= 11 is 2.19. The SMILES string of the molecule is Cc1ccc(C(=O)O)cc1N1C(=O)CC(Nc2ccc(I)cc2)C1=O. The van der Waals surface area contributed by atoms with E-state index in [9.17, 15) is 14.4 Å². The van der Waals surface area contributed by atoms with E-state index < -0.39 is 12.0 Å². The number of hydrogen-bond acceptors (Lipinski definition) is 4. The van der Waals surface area contributed by atoms with E-state index >= 15 is 0 Å². The lowest BCUT2D eigenvalue weighted by Crippen LogP contribution is -2.35. The number of anilines is 2. The standard InChI is InChI=1S/C18H15IN2O4/c1-10-2-3-11(18(24)25)8-15(10)21-16(22)9-14(17(21)23)20-13-6-4-12(19)5-7-13/h2-8,14,20H,9H2,1H3,(H,24,25). The lowest BCUT2D eigenvalue weighted by atomic mass is 10.1. The maximum Gasteiger partial charge on any atom is 0.335 e. The van der Waals surface area contributed by atoms with E-state index in [1.54, 1.807) is 13.0 Å². The first-order valence-corrected chi connectivity index (χ1v) is 8.67. The van der Waals surface area contributed by atoms with Gasteiger partial charge in [-0.05, 0) is 71.5 Å². The number of amides is 2. The Hall–Kier alpha value is -2.42. The smallest absolute Gasteiger partial charge is 0.335 e.